The molecule has 0 fully saturated rings. The number of rotatable bonds is 5. The first-order chi connectivity index (χ1) is 10.2. The van der Waals surface area contributed by atoms with Gasteiger partial charge in [0, 0.05) is 23.7 Å². The molecule has 1 N–H and O–H groups in total. The average molecular weight is 284 g/mol. The molecule has 1 unspecified atom stereocenters. The molecule has 1 heterocycles. The van der Waals surface area contributed by atoms with E-state index in [1.165, 1.54) is 28.6 Å². The van der Waals surface area contributed by atoms with Gasteiger partial charge < -0.3 is 10.1 Å². The van der Waals surface area contributed by atoms with Crippen LogP contribution < -0.4 is 10.1 Å². The number of hydrogen-bond donors (Lipinski definition) is 1. The van der Waals surface area contributed by atoms with Gasteiger partial charge in [-0.2, -0.15) is 0 Å². The van der Waals surface area contributed by atoms with Gasteiger partial charge in [0.2, 0.25) is 0 Å². The Hall–Kier alpha value is -1.61. The fourth-order valence-electron chi connectivity index (χ4n) is 3.14. The van der Waals surface area contributed by atoms with Gasteiger partial charge in [0.05, 0.1) is 7.11 Å². The molecule has 21 heavy (non-hydrogen) atoms. The van der Waals surface area contributed by atoms with Crippen LogP contribution in [0, 0.1) is 0 Å². The third-order valence-corrected chi connectivity index (χ3v) is 4.58. The van der Waals surface area contributed by atoms with Crippen LogP contribution >= 0.6 is 0 Å². The van der Waals surface area contributed by atoms with Crippen LogP contribution in [0.5, 0.6) is 5.75 Å². The lowest BCUT2D eigenvalue weighted by molar-refractivity contribution is 0.418. The maximum absolute atomic E-state index is 5.51. The van der Waals surface area contributed by atoms with Crippen LogP contribution in [-0.4, -0.2) is 18.1 Å². The van der Waals surface area contributed by atoms with E-state index in [9.17, 15) is 0 Å². The maximum Gasteiger partial charge on any atom is 0.145 e. The Bertz CT molecular complexity index is 651. The second-order valence-corrected chi connectivity index (χ2v) is 5.92. The molecule has 1 aliphatic rings. The lowest BCUT2D eigenvalue weighted by Gasteiger charge is -2.17. The Balaban J connectivity index is 2.11. The Morgan fingerprint density at radius 2 is 2.19 bits per heavy atom. The van der Waals surface area contributed by atoms with E-state index in [1.807, 2.05) is 6.07 Å². The third kappa shape index (κ3) is 2.62. The molecule has 0 bridgehead atoms. The molecule has 1 aromatic heterocycles. The summed E-state index contributed by atoms with van der Waals surface area (Å²) in [6, 6.07) is 6.78. The first kappa shape index (κ1) is 14.3. The van der Waals surface area contributed by atoms with Gasteiger partial charge in [0.25, 0.3) is 0 Å². The van der Waals surface area contributed by atoms with Crippen molar-refractivity contribution < 1.29 is 4.74 Å². The molecule has 0 amide bonds. The highest BCUT2D eigenvalue weighted by atomic mass is 16.5. The number of nitrogens with zero attached hydrogens (tertiary/aromatic N) is 1. The highest BCUT2D eigenvalue weighted by molar-refractivity contribution is 5.88. The van der Waals surface area contributed by atoms with Gasteiger partial charge in [-0.25, -0.2) is 4.98 Å². The molecule has 3 rings (SSSR count). The molecule has 0 aliphatic heterocycles. The van der Waals surface area contributed by atoms with Crippen molar-refractivity contribution in [2.75, 3.05) is 7.11 Å². The van der Waals surface area contributed by atoms with Crippen LogP contribution in [0.4, 0.5) is 0 Å². The number of fused-ring (bicyclic) bond motifs is 2. The number of pyridine rings is 1. The molecule has 112 valence electrons. The van der Waals surface area contributed by atoms with Crippen molar-refractivity contribution in [2.24, 2.45) is 0 Å². The van der Waals surface area contributed by atoms with Crippen molar-refractivity contribution in [1.82, 2.24) is 10.3 Å². The largest absolute Gasteiger partial charge is 0.494 e. The highest BCUT2D eigenvalue weighted by Crippen LogP contribution is 2.33. The summed E-state index contributed by atoms with van der Waals surface area (Å²) in [6.07, 6.45) is 4.62. The number of nitrogens with one attached hydrogen (secondary N) is 1. The minimum Gasteiger partial charge on any atom is -0.494 e. The van der Waals surface area contributed by atoms with E-state index in [-0.39, 0.29) is 0 Å². The normalized spacial score (nSPS) is 15.2. The van der Waals surface area contributed by atoms with Crippen LogP contribution in [0.25, 0.3) is 10.9 Å². The molecule has 0 radical (unpaired) electrons. The zero-order valence-electron chi connectivity index (χ0n) is 13.2. The van der Waals surface area contributed by atoms with E-state index >= 15 is 0 Å². The second kappa shape index (κ2) is 6.02. The summed E-state index contributed by atoms with van der Waals surface area (Å²) in [5.74, 6) is 0.881. The zero-order valence-corrected chi connectivity index (χ0v) is 13.2. The van der Waals surface area contributed by atoms with Crippen LogP contribution in [0.3, 0.4) is 0 Å². The van der Waals surface area contributed by atoms with E-state index in [4.69, 9.17) is 9.72 Å². The summed E-state index contributed by atoms with van der Waals surface area (Å²) in [5.41, 5.74) is 5.17. The van der Waals surface area contributed by atoms with Gasteiger partial charge in [-0.05, 0) is 49.8 Å². The predicted molar refractivity (Wildman–Crippen MR) is 86.9 cm³/mol. The van der Waals surface area contributed by atoms with E-state index < -0.39 is 0 Å². The van der Waals surface area contributed by atoms with Crippen molar-refractivity contribution in [2.45, 2.75) is 52.1 Å². The Kier molecular flexibility index (Phi) is 4.11. The standard InChI is InChI=1S/C18H24N2O/c1-4-12(2)19-11-15-13-7-5-9-16(13)20-18-14(15)8-6-10-17(18)21-3/h6,8,10,12,19H,4-5,7,9,11H2,1-3H3. The summed E-state index contributed by atoms with van der Waals surface area (Å²) >= 11 is 0. The number of aromatic nitrogens is 1. The number of methoxy groups -OCH3 is 1. The van der Waals surface area contributed by atoms with E-state index in [1.54, 1.807) is 7.11 Å². The molecule has 1 aromatic carbocycles. The fourth-order valence-corrected chi connectivity index (χ4v) is 3.14. The second-order valence-electron chi connectivity index (χ2n) is 5.92. The third-order valence-electron chi connectivity index (χ3n) is 4.58. The molecule has 2 aromatic rings. The monoisotopic (exact) mass is 284 g/mol. The SMILES string of the molecule is CCC(C)NCc1c2c(nc3c(OC)cccc13)CCC2. The molecular formula is C18H24N2O. The van der Waals surface area contributed by atoms with Gasteiger partial charge in [-0.3, -0.25) is 0 Å². The summed E-state index contributed by atoms with van der Waals surface area (Å²) in [7, 11) is 1.72. The minimum atomic E-state index is 0.538. The zero-order chi connectivity index (χ0) is 14.8. The highest BCUT2D eigenvalue weighted by Gasteiger charge is 2.20. The number of hydrogen-bond acceptors (Lipinski definition) is 3. The molecule has 1 atom stereocenters. The Morgan fingerprint density at radius 3 is 2.95 bits per heavy atom. The van der Waals surface area contributed by atoms with Gasteiger partial charge in [-0.15, -0.1) is 0 Å². The Labute approximate surface area is 126 Å². The number of aryl methyl sites for hydroxylation is 1. The molecule has 3 heteroatoms. The topological polar surface area (TPSA) is 34.2 Å². The average Bonchev–Trinajstić information content (AvgIpc) is 2.98. The maximum atomic E-state index is 5.51. The van der Waals surface area contributed by atoms with E-state index in [0.717, 1.165) is 37.1 Å². The van der Waals surface area contributed by atoms with Crippen LogP contribution in [0.2, 0.25) is 0 Å². The van der Waals surface area contributed by atoms with Crippen LogP contribution in [-0.2, 0) is 19.4 Å². The van der Waals surface area contributed by atoms with Crippen molar-refractivity contribution in [3.05, 3.63) is 35.0 Å². The molecule has 0 saturated carbocycles. The summed E-state index contributed by atoms with van der Waals surface area (Å²) in [5, 5.41) is 4.88. The molecular weight excluding hydrogens is 260 g/mol. The summed E-state index contributed by atoms with van der Waals surface area (Å²) < 4.78 is 5.51. The smallest absolute Gasteiger partial charge is 0.145 e. The van der Waals surface area contributed by atoms with Gasteiger partial charge >= 0.3 is 0 Å². The van der Waals surface area contributed by atoms with E-state index in [0.29, 0.717) is 6.04 Å². The lowest BCUT2D eigenvalue weighted by atomic mass is 10.0. The molecule has 0 spiro atoms. The number of benzene rings is 1. The van der Waals surface area contributed by atoms with Gasteiger partial charge in [-0.1, -0.05) is 19.1 Å². The van der Waals surface area contributed by atoms with Crippen molar-refractivity contribution in [3.8, 4) is 5.75 Å². The molecule has 0 saturated heterocycles. The van der Waals surface area contributed by atoms with Gasteiger partial charge in [0.1, 0.15) is 11.3 Å². The minimum absolute atomic E-state index is 0.538. The molecule has 3 nitrogen and oxygen atoms in total. The lowest BCUT2D eigenvalue weighted by Crippen LogP contribution is -2.25. The van der Waals surface area contributed by atoms with Crippen molar-refractivity contribution in [1.29, 1.82) is 0 Å². The van der Waals surface area contributed by atoms with Crippen molar-refractivity contribution >= 4 is 10.9 Å². The first-order valence-corrected chi connectivity index (χ1v) is 7.95. The predicted octanol–water partition coefficient (Wildman–Crippen LogP) is 3.62. The number of ether oxygens (including phenoxy) is 1. The Morgan fingerprint density at radius 1 is 1.33 bits per heavy atom. The van der Waals surface area contributed by atoms with E-state index in [2.05, 4.69) is 31.3 Å². The first-order valence-electron chi connectivity index (χ1n) is 7.95. The van der Waals surface area contributed by atoms with Gasteiger partial charge in [0.15, 0.2) is 0 Å². The molecule has 1 aliphatic carbocycles. The van der Waals surface area contributed by atoms with Crippen LogP contribution in [0.1, 0.15) is 43.5 Å². The quantitative estimate of drug-likeness (QED) is 0.910. The summed E-state index contributed by atoms with van der Waals surface area (Å²) in [4.78, 5) is 4.88. The summed E-state index contributed by atoms with van der Waals surface area (Å²) in [6.45, 7) is 5.38. The van der Waals surface area contributed by atoms with Crippen molar-refractivity contribution in [3.63, 3.8) is 0 Å². The van der Waals surface area contributed by atoms with Crippen LogP contribution in [0.15, 0.2) is 18.2 Å². The fraction of sp³-hybridized carbons (Fsp3) is 0.500. The number of para-hydroxylation sites is 1.